The summed E-state index contributed by atoms with van der Waals surface area (Å²) in [4.78, 5) is 0. The highest BCUT2D eigenvalue weighted by Crippen LogP contribution is 2.15. The van der Waals surface area contributed by atoms with Gasteiger partial charge in [-0.15, -0.1) is 0 Å². The monoisotopic (exact) mass is 385 g/mol. The first-order chi connectivity index (χ1) is 12.5. The van der Waals surface area contributed by atoms with E-state index in [9.17, 15) is 13.0 Å². The average molecular weight is 386 g/mol. The van der Waals surface area contributed by atoms with Gasteiger partial charge in [-0.05, 0) is 37.0 Å². The average Bonchev–Trinajstić information content (AvgIpc) is 2.60. The van der Waals surface area contributed by atoms with Gasteiger partial charge < -0.3 is 14.0 Å². The van der Waals surface area contributed by atoms with E-state index in [4.69, 9.17) is 9.47 Å². The molecule has 0 radical (unpaired) electrons. The van der Waals surface area contributed by atoms with Gasteiger partial charge >= 0.3 is 0 Å². The maximum atomic E-state index is 10.4. The molecule has 0 bridgehead atoms. The van der Waals surface area contributed by atoms with Gasteiger partial charge in [-0.25, -0.2) is 8.42 Å². The molecular weight excluding hydrogens is 352 g/mol. The molecular formula is C20H33O5S-. The van der Waals surface area contributed by atoms with Crippen LogP contribution in [0.25, 0.3) is 0 Å². The Hall–Kier alpha value is -1.11. The lowest BCUT2D eigenvalue weighted by Gasteiger charge is -2.09. The molecule has 0 aliphatic carbocycles. The van der Waals surface area contributed by atoms with Crippen LogP contribution in [0, 0.1) is 0 Å². The van der Waals surface area contributed by atoms with Crippen molar-refractivity contribution in [1.82, 2.24) is 0 Å². The van der Waals surface area contributed by atoms with Crippen molar-refractivity contribution in [2.45, 2.75) is 64.7 Å². The molecule has 0 amide bonds. The summed E-state index contributed by atoms with van der Waals surface area (Å²) in [7, 11) is -4.14. The van der Waals surface area contributed by atoms with Crippen molar-refractivity contribution >= 4 is 10.1 Å². The Balaban J connectivity index is 2.04. The maximum Gasteiger partial charge on any atom is 0.119 e. The Kier molecular flexibility index (Phi) is 12.4. The molecule has 0 aromatic heterocycles. The molecule has 150 valence electrons. The normalized spacial score (nSPS) is 11.6. The van der Waals surface area contributed by atoms with Gasteiger partial charge in [-0.1, -0.05) is 57.6 Å². The van der Waals surface area contributed by atoms with Gasteiger partial charge in [-0.3, -0.25) is 0 Å². The van der Waals surface area contributed by atoms with Crippen LogP contribution in [0.3, 0.4) is 0 Å². The van der Waals surface area contributed by atoms with E-state index in [1.165, 1.54) is 50.5 Å². The number of rotatable bonds is 16. The van der Waals surface area contributed by atoms with Crippen LogP contribution in [-0.4, -0.2) is 38.5 Å². The molecule has 1 aromatic carbocycles. The molecule has 0 atom stereocenters. The molecule has 0 N–H and O–H groups in total. The third-order valence-corrected chi connectivity index (χ3v) is 4.96. The Labute approximate surface area is 158 Å². The van der Waals surface area contributed by atoms with Crippen LogP contribution in [0.15, 0.2) is 24.3 Å². The van der Waals surface area contributed by atoms with E-state index in [1.54, 1.807) is 0 Å². The van der Waals surface area contributed by atoms with Gasteiger partial charge in [-0.2, -0.15) is 0 Å². The molecule has 1 rings (SSSR count). The standard InChI is InChI=1S/C20H34O5S/c1-2-3-4-5-6-7-8-10-19-11-13-20(14-12-19)25-17-16-24-15-9-18-26(21,22)23/h11-14H,2-10,15-18H2,1H3,(H,21,22,23)/p-1. The minimum absolute atomic E-state index is 0.221. The predicted molar refractivity (Wildman–Crippen MR) is 104 cm³/mol. The Bertz CT molecular complexity index is 554. The number of ether oxygens (including phenoxy) is 2. The summed E-state index contributed by atoms with van der Waals surface area (Å²) in [5.74, 6) is 0.424. The summed E-state index contributed by atoms with van der Waals surface area (Å²) >= 11 is 0. The van der Waals surface area contributed by atoms with Crippen molar-refractivity contribution in [2.24, 2.45) is 0 Å². The highest BCUT2D eigenvalue weighted by Gasteiger charge is 1.99. The molecule has 26 heavy (non-hydrogen) atoms. The first kappa shape index (κ1) is 22.9. The van der Waals surface area contributed by atoms with Gasteiger partial charge in [0.1, 0.15) is 12.4 Å². The van der Waals surface area contributed by atoms with Gasteiger partial charge in [0.25, 0.3) is 0 Å². The summed E-state index contributed by atoms with van der Waals surface area (Å²) < 4.78 is 42.1. The second-order valence-corrected chi connectivity index (χ2v) is 8.12. The van der Waals surface area contributed by atoms with Crippen LogP contribution in [-0.2, 0) is 21.3 Å². The van der Waals surface area contributed by atoms with Crippen LogP contribution >= 0.6 is 0 Å². The van der Waals surface area contributed by atoms with Crippen molar-refractivity contribution in [1.29, 1.82) is 0 Å². The minimum atomic E-state index is -4.14. The molecule has 0 aliphatic heterocycles. The zero-order chi connectivity index (χ0) is 19.1. The number of benzene rings is 1. The fraction of sp³-hybridized carbons (Fsp3) is 0.700. The lowest BCUT2D eigenvalue weighted by molar-refractivity contribution is 0.101. The predicted octanol–water partition coefficient (Wildman–Crippen LogP) is 4.31. The molecule has 0 fully saturated rings. The molecule has 1 aromatic rings. The van der Waals surface area contributed by atoms with Crippen molar-refractivity contribution in [3.8, 4) is 5.75 Å². The molecule has 6 heteroatoms. The van der Waals surface area contributed by atoms with E-state index in [2.05, 4.69) is 19.1 Å². The zero-order valence-corrected chi connectivity index (χ0v) is 16.8. The lowest BCUT2D eigenvalue weighted by atomic mass is 10.0. The molecule has 5 nitrogen and oxygen atoms in total. The third-order valence-electron chi connectivity index (χ3n) is 4.17. The highest BCUT2D eigenvalue weighted by molar-refractivity contribution is 7.85. The second-order valence-electron chi connectivity index (χ2n) is 6.59. The van der Waals surface area contributed by atoms with Crippen molar-refractivity contribution in [2.75, 3.05) is 25.6 Å². The summed E-state index contributed by atoms with van der Waals surface area (Å²) in [5.41, 5.74) is 1.33. The minimum Gasteiger partial charge on any atom is -0.748 e. The van der Waals surface area contributed by atoms with Crippen molar-refractivity contribution < 1.29 is 22.4 Å². The van der Waals surface area contributed by atoms with Crippen LogP contribution in [0.5, 0.6) is 5.75 Å². The van der Waals surface area contributed by atoms with E-state index in [-0.39, 0.29) is 18.8 Å². The van der Waals surface area contributed by atoms with Gasteiger partial charge in [0.05, 0.1) is 16.7 Å². The Morgan fingerprint density at radius 3 is 2.15 bits per heavy atom. The van der Waals surface area contributed by atoms with E-state index in [1.807, 2.05) is 12.1 Å². The Morgan fingerprint density at radius 1 is 0.846 bits per heavy atom. The third kappa shape index (κ3) is 13.1. The first-order valence-electron chi connectivity index (χ1n) is 9.74. The largest absolute Gasteiger partial charge is 0.748 e. The number of aryl methyl sites for hydroxylation is 1. The SMILES string of the molecule is CCCCCCCCCc1ccc(OCCOCCCS(=O)(=O)[O-])cc1. The van der Waals surface area contributed by atoms with Gasteiger partial charge in [0.2, 0.25) is 0 Å². The number of hydrogen-bond donors (Lipinski definition) is 0. The topological polar surface area (TPSA) is 75.7 Å². The van der Waals surface area contributed by atoms with E-state index < -0.39 is 10.1 Å². The van der Waals surface area contributed by atoms with Gasteiger partial charge in [0, 0.05) is 12.4 Å². The fourth-order valence-corrected chi connectivity index (χ4v) is 3.17. The molecule has 0 saturated carbocycles. The Morgan fingerprint density at radius 2 is 1.50 bits per heavy atom. The molecule has 0 unspecified atom stereocenters. The van der Waals surface area contributed by atoms with E-state index >= 15 is 0 Å². The first-order valence-corrected chi connectivity index (χ1v) is 11.3. The lowest BCUT2D eigenvalue weighted by Crippen LogP contribution is -2.11. The van der Waals surface area contributed by atoms with Crippen molar-refractivity contribution in [3.63, 3.8) is 0 Å². The van der Waals surface area contributed by atoms with Crippen LogP contribution in [0.4, 0.5) is 0 Å². The summed E-state index contributed by atoms with van der Waals surface area (Å²) in [5, 5.41) is 0. The number of hydrogen-bond acceptors (Lipinski definition) is 5. The quantitative estimate of drug-likeness (QED) is 0.313. The summed E-state index contributed by atoms with van der Waals surface area (Å²) in [6.45, 7) is 3.27. The fourth-order valence-electron chi connectivity index (χ4n) is 2.70. The van der Waals surface area contributed by atoms with Crippen LogP contribution in [0.1, 0.15) is 63.9 Å². The summed E-state index contributed by atoms with van der Waals surface area (Å²) in [6.07, 6.45) is 10.6. The van der Waals surface area contributed by atoms with E-state index in [0.29, 0.717) is 13.2 Å². The number of unbranched alkanes of at least 4 members (excludes halogenated alkanes) is 6. The highest BCUT2D eigenvalue weighted by atomic mass is 32.2. The summed E-state index contributed by atoms with van der Waals surface area (Å²) in [6, 6.07) is 8.15. The molecule has 0 spiro atoms. The molecule has 0 heterocycles. The van der Waals surface area contributed by atoms with Crippen molar-refractivity contribution in [3.05, 3.63) is 29.8 Å². The molecule has 0 aliphatic rings. The maximum absolute atomic E-state index is 10.4. The smallest absolute Gasteiger partial charge is 0.119 e. The second kappa shape index (κ2) is 14.0. The van der Waals surface area contributed by atoms with Crippen LogP contribution in [0.2, 0.25) is 0 Å². The van der Waals surface area contributed by atoms with Gasteiger partial charge in [0.15, 0.2) is 0 Å². The van der Waals surface area contributed by atoms with Crippen LogP contribution < -0.4 is 4.74 Å². The zero-order valence-electron chi connectivity index (χ0n) is 16.0. The van der Waals surface area contributed by atoms with E-state index in [0.717, 1.165) is 12.2 Å². The molecule has 0 saturated heterocycles.